The molecule has 1 fully saturated rings. The Kier molecular flexibility index (Phi) is 4.01. The highest BCUT2D eigenvalue weighted by Crippen LogP contribution is 2.35. The third-order valence-electron chi connectivity index (χ3n) is 3.69. The van der Waals surface area contributed by atoms with E-state index < -0.39 is 29.4 Å². The lowest BCUT2D eigenvalue weighted by atomic mass is 9.73. The first kappa shape index (κ1) is 14.4. The number of carboxylic acids is 1. The summed E-state index contributed by atoms with van der Waals surface area (Å²) in [5.41, 5.74) is 0.464. The van der Waals surface area contributed by atoms with Crippen molar-refractivity contribution in [2.24, 2.45) is 11.8 Å². The number of halogens is 2. The Balaban J connectivity index is 2.00. The molecule has 4 nitrogen and oxygen atoms in total. The number of amides is 1. The fourth-order valence-corrected chi connectivity index (χ4v) is 2.36. The van der Waals surface area contributed by atoms with Crippen LogP contribution < -0.4 is 0 Å². The number of rotatable bonds is 4. The number of aliphatic carboxylic acids is 1. The van der Waals surface area contributed by atoms with Crippen molar-refractivity contribution in [1.29, 1.82) is 0 Å². The summed E-state index contributed by atoms with van der Waals surface area (Å²) in [4.78, 5) is 24.3. The van der Waals surface area contributed by atoms with Crippen LogP contribution in [0.3, 0.4) is 0 Å². The minimum Gasteiger partial charge on any atom is -0.481 e. The van der Waals surface area contributed by atoms with E-state index in [-0.39, 0.29) is 12.5 Å². The number of carbonyl (C=O) groups excluding carboxylic acids is 1. The Labute approximate surface area is 115 Å². The van der Waals surface area contributed by atoms with E-state index in [0.717, 1.165) is 12.1 Å². The summed E-state index contributed by atoms with van der Waals surface area (Å²) in [7, 11) is 1.53. The molecule has 1 amide bonds. The SMILES string of the molecule is CN(Cc1ccc(F)c(F)c1)C(=O)C1CCC1C(=O)O. The summed E-state index contributed by atoms with van der Waals surface area (Å²) in [6, 6.07) is 3.44. The second-order valence-electron chi connectivity index (χ2n) is 5.07. The maximum Gasteiger partial charge on any atom is 0.307 e. The first-order chi connectivity index (χ1) is 9.40. The monoisotopic (exact) mass is 283 g/mol. The largest absolute Gasteiger partial charge is 0.481 e. The van der Waals surface area contributed by atoms with Gasteiger partial charge in [-0.05, 0) is 30.5 Å². The Morgan fingerprint density at radius 3 is 2.40 bits per heavy atom. The molecular formula is C14H15F2NO3. The highest BCUT2D eigenvalue weighted by Gasteiger charge is 2.42. The summed E-state index contributed by atoms with van der Waals surface area (Å²) in [6.45, 7) is 0.124. The minimum atomic E-state index is -0.963. The van der Waals surface area contributed by atoms with Gasteiger partial charge in [0.25, 0.3) is 0 Å². The lowest BCUT2D eigenvalue weighted by Crippen LogP contribution is -2.44. The van der Waals surface area contributed by atoms with Gasteiger partial charge in [-0.3, -0.25) is 9.59 Å². The maximum atomic E-state index is 13.1. The molecule has 0 spiro atoms. The molecule has 0 saturated heterocycles. The number of benzene rings is 1. The van der Waals surface area contributed by atoms with Crippen LogP contribution in [0, 0.1) is 23.5 Å². The molecule has 108 valence electrons. The molecule has 0 aliphatic heterocycles. The average Bonchev–Trinajstić information content (AvgIpc) is 2.31. The first-order valence-corrected chi connectivity index (χ1v) is 6.32. The van der Waals surface area contributed by atoms with E-state index in [1.165, 1.54) is 18.0 Å². The molecule has 0 bridgehead atoms. The summed E-state index contributed by atoms with van der Waals surface area (Å²) < 4.78 is 25.9. The normalized spacial score (nSPS) is 21.1. The summed E-state index contributed by atoms with van der Waals surface area (Å²) in [6.07, 6.45) is 1.06. The van der Waals surface area contributed by atoms with Crippen LogP contribution in [-0.4, -0.2) is 28.9 Å². The van der Waals surface area contributed by atoms with Gasteiger partial charge in [0.2, 0.25) is 5.91 Å². The van der Waals surface area contributed by atoms with Gasteiger partial charge >= 0.3 is 5.97 Å². The van der Waals surface area contributed by atoms with Crippen molar-refractivity contribution in [3.63, 3.8) is 0 Å². The number of carbonyl (C=O) groups is 2. The van der Waals surface area contributed by atoms with Gasteiger partial charge in [-0.1, -0.05) is 6.07 Å². The van der Waals surface area contributed by atoms with Crippen LogP contribution in [0.2, 0.25) is 0 Å². The molecular weight excluding hydrogens is 268 g/mol. The second-order valence-corrected chi connectivity index (χ2v) is 5.07. The lowest BCUT2D eigenvalue weighted by molar-refractivity contribution is -0.156. The van der Waals surface area contributed by atoms with Crippen molar-refractivity contribution in [1.82, 2.24) is 4.90 Å². The van der Waals surface area contributed by atoms with Gasteiger partial charge in [-0.25, -0.2) is 8.78 Å². The fraction of sp³-hybridized carbons (Fsp3) is 0.429. The number of hydrogen-bond donors (Lipinski definition) is 1. The molecule has 20 heavy (non-hydrogen) atoms. The number of carboxylic acid groups (broad SMARTS) is 1. The van der Waals surface area contributed by atoms with Gasteiger partial charge in [-0.15, -0.1) is 0 Å². The van der Waals surface area contributed by atoms with Crippen molar-refractivity contribution >= 4 is 11.9 Å². The first-order valence-electron chi connectivity index (χ1n) is 6.32. The van der Waals surface area contributed by atoms with Crippen molar-refractivity contribution in [2.45, 2.75) is 19.4 Å². The van der Waals surface area contributed by atoms with Crippen molar-refractivity contribution in [3.05, 3.63) is 35.4 Å². The van der Waals surface area contributed by atoms with Gasteiger partial charge in [0.15, 0.2) is 11.6 Å². The number of nitrogens with zero attached hydrogens (tertiary/aromatic N) is 1. The molecule has 2 unspecified atom stereocenters. The van der Waals surface area contributed by atoms with Crippen LogP contribution in [0.15, 0.2) is 18.2 Å². The molecule has 1 aromatic rings. The molecule has 1 saturated carbocycles. The van der Waals surface area contributed by atoms with E-state index in [2.05, 4.69) is 0 Å². The van der Waals surface area contributed by atoms with Gasteiger partial charge in [0.05, 0.1) is 11.8 Å². The highest BCUT2D eigenvalue weighted by molar-refractivity contribution is 5.86. The Bertz CT molecular complexity index is 547. The van der Waals surface area contributed by atoms with Crippen molar-refractivity contribution in [2.75, 3.05) is 7.05 Å². The van der Waals surface area contributed by atoms with Gasteiger partial charge in [0, 0.05) is 13.6 Å². The molecule has 0 heterocycles. The van der Waals surface area contributed by atoms with Gasteiger partial charge in [0.1, 0.15) is 0 Å². The predicted molar refractivity (Wildman–Crippen MR) is 66.7 cm³/mol. The standard InChI is InChI=1S/C14H15F2NO3/c1-17(7-8-2-5-11(15)12(16)6-8)13(18)9-3-4-10(9)14(19)20/h2,5-6,9-10H,3-4,7H2,1H3,(H,19,20). The van der Waals surface area contributed by atoms with Crippen molar-refractivity contribution in [3.8, 4) is 0 Å². The van der Waals surface area contributed by atoms with Crippen LogP contribution in [0.4, 0.5) is 8.78 Å². The van der Waals surface area contributed by atoms with E-state index >= 15 is 0 Å². The average molecular weight is 283 g/mol. The molecule has 0 aromatic heterocycles. The van der Waals surface area contributed by atoms with E-state index in [9.17, 15) is 18.4 Å². The van der Waals surface area contributed by atoms with E-state index in [1.807, 2.05) is 0 Å². The fourth-order valence-electron chi connectivity index (χ4n) is 2.36. The Hall–Kier alpha value is -1.98. The highest BCUT2D eigenvalue weighted by atomic mass is 19.2. The van der Waals surface area contributed by atoms with E-state index in [4.69, 9.17) is 5.11 Å². The van der Waals surface area contributed by atoms with E-state index in [0.29, 0.717) is 18.4 Å². The molecule has 1 N–H and O–H groups in total. The molecule has 2 rings (SSSR count). The molecule has 1 aliphatic rings. The summed E-state index contributed by atoms with van der Waals surface area (Å²) >= 11 is 0. The van der Waals surface area contributed by atoms with Crippen LogP contribution in [-0.2, 0) is 16.1 Å². The Morgan fingerprint density at radius 1 is 1.25 bits per heavy atom. The van der Waals surface area contributed by atoms with Crippen LogP contribution in [0.5, 0.6) is 0 Å². The zero-order valence-electron chi connectivity index (χ0n) is 11.0. The second kappa shape index (κ2) is 5.56. The predicted octanol–water partition coefficient (Wildman–Crippen LogP) is 2.03. The topological polar surface area (TPSA) is 57.6 Å². The lowest BCUT2D eigenvalue weighted by Gasteiger charge is -2.35. The zero-order chi connectivity index (χ0) is 14.9. The van der Waals surface area contributed by atoms with Crippen LogP contribution in [0.1, 0.15) is 18.4 Å². The van der Waals surface area contributed by atoms with Gasteiger partial charge < -0.3 is 10.0 Å². The van der Waals surface area contributed by atoms with Crippen LogP contribution >= 0.6 is 0 Å². The van der Waals surface area contributed by atoms with Crippen molar-refractivity contribution < 1.29 is 23.5 Å². The molecule has 1 aromatic carbocycles. The third-order valence-corrected chi connectivity index (χ3v) is 3.69. The molecule has 6 heteroatoms. The molecule has 1 aliphatic carbocycles. The quantitative estimate of drug-likeness (QED) is 0.920. The van der Waals surface area contributed by atoms with E-state index in [1.54, 1.807) is 0 Å². The molecule has 2 atom stereocenters. The summed E-state index contributed by atoms with van der Waals surface area (Å²) in [5, 5.41) is 8.93. The maximum absolute atomic E-state index is 13.1. The zero-order valence-corrected chi connectivity index (χ0v) is 11.0. The third kappa shape index (κ3) is 2.79. The Morgan fingerprint density at radius 2 is 1.90 bits per heavy atom. The minimum absolute atomic E-state index is 0.124. The smallest absolute Gasteiger partial charge is 0.307 e. The number of hydrogen-bond acceptors (Lipinski definition) is 2. The summed E-state index contributed by atoms with van der Waals surface area (Å²) in [5.74, 6) is -4.27. The van der Waals surface area contributed by atoms with Gasteiger partial charge in [-0.2, -0.15) is 0 Å². The van der Waals surface area contributed by atoms with Crippen LogP contribution in [0.25, 0.3) is 0 Å². The molecule has 0 radical (unpaired) electrons.